The predicted molar refractivity (Wildman–Crippen MR) is 57.3 cm³/mol. The average Bonchev–Trinajstić information content (AvgIpc) is 2.42. The number of fused-ring (bicyclic) bond motifs is 2. The first-order chi connectivity index (χ1) is 6.71. The number of hydrogen-bond acceptors (Lipinski definition) is 3. The number of nitrogens with one attached hydrogen (secondary N) is 1. The molecule has 14 heavy (non-hydrogen) atoms. The van der Waals surface area contributed by atoms with Gasteiger partial charge in [-0.25, -0.2) is 0 Å². The van der Waals surface area contributed by atoms with Gasteiger partial charge in [-0.1, -0.05) is 6.92 Å². The zero-order valence-electron chi connectivity index (χ0n) is 9.29. The number of piperidine rings is 1. The smallest absolute Gasteiger partial charge is 0.0614 e. The van der Waals surface area contributed by atoms with Crippen LogP contribution < -0.4 is 5.32 Å². The number of aliphatic hydroxyl groups is 1. The minimum absolute atomic E-state index is 0.0209. The van der Waals surface area contributed by atoms with E-state index >= 15 is 0 Å². The van der Waals surface area contributed by atoms with Crippen molar-refractivity contribution in [1.82, 2.24) is 10.2 Å². The summed E-state index contributed by atoms with van der Waals surface area (Å²) in [5, 5.41) is 13.0. The van der Waals surface area contributed by atoms with Crippen molar-refractivity contribution in [1.29, 1.82) is 0 Å². The van der Waals surface area contributed by atoms with Crippen LogP contribution in [-0.4, -0.2) is 47.8 Å². The van der Waals surface area contributed by atoms with E-state index in [1.165, 1.54) is 12.8 Å². The summed E-state index contributed by atoms with van der Waals surface area (Å²) >= 11 is 0. The molecule has 2 rings (SSSR count). The van der Waals surface area contributed by atoms with E-state index in [9.17, 15) is 5.11 Å². The van der Waals surface area contributed by atoms with E-state index in [0.29, 0.717) is 18.7 Å². The maximum atomic E-state index is 9.54. The average molecular weight is 198 g/mol. The molecule has 0 amide bonds. The van der Waals surface area contributed by atoms with Crippen molar-refractivity contribution in [2.45, 2.75) is 50.2 Å². The summed E-state index contributed by atoms with van der Waals surface area (Å²) in [4.78, 5) is 2.51. The third-order valence-corrected chi connectivity index (χ3v) is 4.09. The molecule has 2 aliphatic heterocycles. The Balaban J connectivity index is 2.09. The fraction of sp³-hybridized carbons (Fsp3) is 1.00. The van der Waals surface area contributed by atoms with Crippen molar-refractivity contribution >= 4 is 0 Å². The topological polar surface area (TPSA) is 35.5 Å². The molecule has 0 saturated carbocycles. The summed E-state index contributed by atoms with van der Waals surface area (Å²) in [6, 6.07) is 1.39. The fourth-order valence-electron chi connectivity index (χ4n) is 3.27. The highest BCUT2D eigenvalue weighted by Gasteiger charge is 2.45. The zero-order valence-corrected chi connectivity index (χ0v) is 9.29. The van der Waals surface area contributed by atoms with Gasteiger partial charge < -0.3 is 15.3 Å². The Bertz CT molecular complexity index is 193. The van der Waals surface area contributed by atoms with Gasteiger partial charge in [-0.05, 0) is 39.3 Å². The van der Waals surface area contributed by atoms with Crippen molar-refractivity contribution in [3.05, 3.63) is 0 Å². The van der Waals surface area contributed by atoms with Crippen LogP contribution in [0.1, 0.15) is 32.6 Å². The van der Waals surface area contributed by atoms with Crippen molar-refractivity contribution in [3.8, 4) is 0 Å². The zero-order chi connectivity index (χ0) is 10.2. The molecule has 0 aliphatic carbocycles. The Morgan fingerprint density at radius 1 is 1.36 bits per heavy atom. The molecular weight excluding hydrogens is 176 g/mol. The molecule has 2 saturated heterocycles. The minimum Gasteiger partial charge on any atom is -0.394 e. The van der Waals surface area contributed by atoms with Gasteiger partial charge in [-0.15, -0.1) is 0 Å². The Kier molecular flexibility index (Phi) is 2.82. The van der Waals surface area contributed by atoms with Crippen LogP contribution in [0.15, 0.2) is 0 Å². The minimum atomic E-state index is 0.0209. The molecule has 2 atom stereocenters. The lowest BCUT2D eigenvalue weighted by Crippen LogP contribution is -2.58. The number of nitrogens with zero attached hydrogens (tertiary/aromatic N) is 1. The van der Waals surface area contributed by atoms with E-state index in [2.05, 4.69) is 24.2 Å². The molecule has 2 N–H and O–H groups in total. The quantitative estimate of drug-likeness (QED) is 0.696. The lowest BCUT2D eigenvalue weighted by molar-refractivity contribution is 0.0487. The molecule has 3 nitrogen and oxygen atoms in total. The van der Waals surface area contributed by atoms with E-state index in [1.807, 2.05) is 0 Å². The second kappa shape index (κ2) is 3.80. The van der Waals surface area contributed by atoms with Crippen molar-refractivity contribution < 1.29 is 5.11 Å². The molecule has 0 aromatic heterocycles. The summed E-state index contributed by atoms with van der Waals surface area (Å²) < 4.78 is 0. The van der Waals surface area contributed by atoms with Crippen LogP contribution in [0.25, 0.3) is 0 Å². The normalized spacial score (nSPS) is 43.1. The van der Waals surface area contributed by atoms with Crippen molar-refractivity contribution in [2.24, 2.45) is 0 Å². The van der Waals surface area contributed by atoms with Crippen molar-refractivity contribution in [3.63, 3.8) is 0 Å². The largest absolute Gasteiger partial charge is 0.394 e. The Labute approximate surface area is 86.5 Å². The second-order valence-corrected chi connectivity index (χ2v) is 4.93. The maximum Gasteiger partial charge on any atom is 0.0614 e. The van der Waals surface area contributed by atoms with Crippen LogP contribution in [0, 0.1) is 0 Å². The van der Waals surface area contributed by atoms with Gasteiger partial charge in [0.15, 0.2) is 0 Å². The highest BCUT2D eigenvalue weighted by atomic mass is 16.3. The molecule has 82 valence electrons. The van der Waals surface area contributed by atoms with Crippen LogP contribution in [0.2, 0.25) is 0 Å². The summed E-state index contributed by atoms with van der Waals surface area (Å²) in [5.41, 5.74) is 0.0209. The third kappa shape index (κ3) is 1.58. The molecule has 0 radical (unpaired) electrons. The standard InChI is InChI=1S/C11H22N2O/c1-3-12-11(8-14)6-9-4-5-10(7-11)13(9)2/h9-10,12,14H,3-8H2,1-2H3. The fourth-order valence-corrected chi connectivity index (χ4v) is 3.27. The number of likely N-dealkylation sites (N-methyl/N-ethyl adjacent to an activating group) is 1. The van der Waals surface area contributed by atoms with E-state index in [-0.39, 0.29) is 5.54 Å². The maximum absolute atomic E-state index is 9.54. The van der Waals surface area contributed by atoms with E-state index in [1.54, 1.807) is 0 Å². The molecule has 2 fully saturated rings. The molecule has 2 heterocycles. The number of rotatable bonds is 3. The lowest BCUT2D eigenvalue weighted by atomic mass is 9.83. The van der Waals surface area contributed by atoms with Crippen LogP contribution in [0.3, 0.4) is 0 Å². The van der Waals surface area contributed by atoms with Gasteiger partial charge in [0.25, 0.3) is 0 Å². The number of hydrogen-bond donors (Lipinski definition) is 2. The van der Waals surface area contributed by atoms with Gasteiger partial charge >= 0.3 is 0 Å². The molecule has 2 bridgehead atoms. The van der Waals surface area contributed by atoms with Crippen LogP contribution in [-0.2, 0) is 0 Å². The summed E-state index contributed by atoms with van der Waals surface area (Å²) in [5.74, 6) is 0. The second-order valence-electron chi connectivity index (χ2n) is 4.93. The van der Waals surface area contributed by atoms with Gasteiger partial charge in [0.05, 0.1) is 6.61 Å². The van der Waals surface area contributed by atoms with E-state index in [0.717, 1.165) is 19.4 Å². The molecule has 3 heteroatoms. The monoisotopic (exact) mass is 198 g/mol. The van der Waals surface area contributed by atoms with Gasteiger partial charge in [-0.3, -0.25) is 0 Å². The lowest BCUT2D eigenvalue weighted by Gasteiger charge is -2.45. The molecular formula is C11H22N2O. The first-order valence-corrected chi connectivity index (χ1v) is 5.78. The third-order valence-electron chi connectivity index (χ3n) is 4.09. The van der Waals surface area contributed by atoms with Gasteiger partial charge in [-0.2, -0.15) is 0 Å². The SMILES string of the molecule is CCNC1(CO)CC2CCC(C1)N2C. The predicted octanol–water partition coefficient (Wildman–Crippen LogP) is 0.584. The first-order valence-electron chi connectivity index (χ1n) is 5.78. The summed E-state index contributed by atoms with van der Waals surface area (Å²) in [6.07, 6.45) is 4.86. The van der Waals surface area contributed by atoms with Crippen LogP contribution >= 0.6 is 0 Å². The highest BCUT2D eigenvalue weighted by Crippen LogP contribution is 2.39. The van der Waals surface area contributed by atoms with Gasteiger partial charge in [0.2, 0.25) is 0 Å². The summed E-state index contributed by atoms with van der Waals surface area (Å²) in [7, 11) is 2.23. The first kappa shape index (κ1) is 10.4. The number of aliphatic hydroxyl groups excluding tert-OH is 1. The van der Waals surface area contributed by atoms with Gasteiger partial charge in [0, 0.05) is 17.6 Å². The van der Waals surface area contributed by atoms with E-state index < -0.39 is 0 Å². The molecule has 2 aliphatic rings. The molecule has 0 spiro atoms. The van der Waals surface area contributed by atoms with Crippen molar-refractivity contribution in [2.75, 3.05) is 20.2 Å². The molecule has 2 unspecified atom stereocenters. The van der Waals surface area contributed by atoms with Crippen LogP contribution in [0.4, 0.5) is 0 Å². The Hall–Kier alpha value is -0.120. The van der Waals surface area contributed by atoms with Gasteiger partial charge in [0.1, 0.15) is 0 Å². The molecule has 0 aromatic carbocycles. The Morgan fingerprint density at radius 3 is 2.36 bits per heavy atom. The summed E-state index contributed by atoms with van der Waals surface area (Å²) in [6.45, 7) is 3.38. The molecule has 0 aromatic rings. The highest BCUT2D eigenvalue weighted by molar-refractivity contribution is 5.04. The Morgan fingerprint density at radius 2 is 1.93 bits per heavy atom. The van der Waals surface area contributed by atoms with Crippen LogP contribution in [0.5, 0.6) is 0 Å². The van der Waals surface area contributed by atoms with E-state index in [4.69, 9.17) is 0 Å².